The van der Waals surface area contributed by atoms with Crippen LogP contribution in [-0.2, 0) is 9.59 Å². The minimum absolute atomic E-state index is 0.0897. The fourth-order valence-corrected chi connectivity index (χ4v) is 3.95. The number of rotatable bonds is 6. The van der Waals surface area contributed by atoms with E-state index < -0.39 is 6.10 Å². The van der Waals surface area contributed by atoms with Crippen molar-refractivity contribution in [3.63, 3.8) is 0 Å². The van der Waals surface area contributed by atoms with Gasteiger partial charge >= 0.3 is 0 Å². The van der Waals surface area contributed by atoms with Gasteiger partial charge in [-0.2, -0.15) is 0 Å². The van der Waals surface area contributed by atoms with Crippen LogP contribution in [0.15, 0.2) is 18.2 Å². The van der Waals surface area contributed by atoms with Gasteiger partial charge in [-0.25, -0.2) is 0 Å². The van der Waals surface area contributed by atoms with Crippen molar-refractivity contribution in [3.05, 3.63) is 23.8 Å². The minimum atomic E-state index is -0.455. The molecule has 0 aliphatic carbocycles. The molecule has 1 aromatic carbocycles. The molecule has 27 heavy (non-hydrogen) atoms. The van der Waals surface area contributed by atoms with Crippen molar-refractivity contribution in [2.45, 2.75) is 58.6 Å². The topological polar surface area (TPSA) is 79.5 Å². The first-order valence-corrected chi connectivity index (χ1v) is 10.1. The van der Waals surface area contributed by atoms with Gasteiger partial charge in [-0.05, 0) is 68.8 Å². The molecule has 0 aromatic heterocycles. The Labute approximate surface area is 161 Å². The largest absolute Gasteiger partial charge is 0.478 e. The van der Waals surface area contributed by atoms with Crippen molar-refractivity contribution in [1.82, 2.24) is 10.6 Å². The zero-order valence-electron chi connectivity index (χ0n) is 16.5. The molecule has 6 heteroatoms. The summed E-state index contributed by atoms with van der Waals surface area (Å²) >= 11 is 0. The monoisotopic (exact) mass is 373 g/mol. The summed E-state index contributed by atoms with van der Waals surface area (Å²) in [6.07, 6.45) is 3.02. The number of hydrogen-bond donors (Lipinski definition) is 3. The summed E-state index contributed by atoms with van der Waals surface area (Å²) in [5.41, 5.74) is 1.66. The molecule has 3 N–H and O–H groups in total. The molecule has 0 saturated carbocycles. The fourth-order valence-electron chi connectivity index (χ4n) is 3.95. The van der Waals surface area contributed by atoms with E-state index in [-0.39, 0.29) is 17.9 Å². The van der Waals surface area contributed by atoms with Crippen LogP contribution in [0.4, 0.5) is 5.69 Å². The molecule has 3 atom stereocenters. The Morgan fingerprint density at radius 1 is 1.30 bits per heavy atom. The highest BCUT2D eigenvalue weighted by molar-refractivity contribution is 5.97. The Hall–Kier alpha value is -2.08. The Kier molecular flexibility index (Phi) is 6.37. The molecule has 148 valence electrons. The van der Waals surface area contributed by atoms with E-state index in [1.807, 2.05) is 32.0 Å². The Morgan fingerprint density at radius 2 is 2.04 bits per heavy atom. The first-order valence-electron chi connectivity index (χ1n) is 10.1. The molecule has 6 nitrogen and oxygen atoms in total. The summed E-state index contributed by atoms with van der Waals surface area (Å²) in [6, 6.07) is 5.58. The molecule has 2 aliphatic heterocycles. The van der Waals surface area contributed by atoms with Crippen molar-refractivity contribution in [2.75, 3.05) is 18.4 Å². The number of ether oxygens (including phenoxy) is 1. The summed E-state index contributed by atoms with van der Waals surface area (Å²) in [5.74, 6) is 1.67. The summed E-state index contributed by atoms with van der Waals surface area (Å²) in [5, 5.41) is 9.36. The van der Waals surface area contributed by atoms with E-state index in [1.165, 1.54) is 0 Å². The normalized spacial score (nSPS) is 22.2. The minimum Gasteiger partial charge on any atom is -0.478 e. The fraction of sp³-hybridized carbons (Fsp3) is 0.619. The van der Waals surface area contributed by atoms with Crippen molar-refractivity contribution in [1.29, 1.82) is 0 Å². The quantitative estimate of drug-likeness (QED) is 0.716. The second kappa shape index (κ2) is 8.74. The van der Waals surface area contributed by atoms with E-state index in [9.17, 15) is 9.59 Å². The lowest BCUT2D eigenvalue weighted by molar-refractivity contribution is -0.124. The molecule has 0 radical (unpaired) electrons. The van der Waals surface area contributed by atoms with Gasteiger partial charge in [-0.15, -0.1) is 0 Å². The number of anilines is 1. The van der Waals surface area contributed by atoms with E-state index in [1.54, 1.807) is 0 Å². The first kappa shape index (κ1) is 19.7. The number of amides is 2. The standard InChI is InChI=1S/C21H31N3O3/c1-4-18-21(26)24-17-6-5-16(12-19(17)27-18)14(3)23-20(25)11-13(2)15-7-9-22-10-8-15/h5-6,12-15,18,22H,4,7-11H2,1-3H3,(H,23,25)(H,24,26). The predicted octanol–water partition coefficient (Wildman–Crippen LogP) is 3.00. The van der Waals surface area contributed by atoms with Gasteiger partial charge in [0.2, 0.25) is 5.91 Å². The molecule has 2 heterocycles. The second-order valence-corrected chi connectivity index (χ2v) is 7.82. The Morgan fingerprint density at radius 3 is 2.74 bits per heavy atom. The van der Waals surface area contributed by atoms with Gasteiger partial charge < -0.3 is 20.7 Å². The lowest BCUT2D eigenvalue weighted by Gasteiger charge is -2.28. The molecule has 0 bridgehead atoms. The van der Waals surface area contributed by atoms with Gasteiger partial charge in [-0.1, -0.05) is 19.9 Å². The third kappa shape index (κ3) is 4.80. The summed E-state index contributed by atoms with van der Waals surface area (Å²) < 4.78 is 5.80. The van der Waals surface area contributed by atoms with E-state index in [4.69, 9.17) is 4.74 Å². The highest BCUT2D eigenvalue weighted by Gasteiger charge is 2.27. The average molecular weight is 373 g/mol. The molecule has 1 aromatic rings. The van der Waals surface area contributed by atoms with Gasteiger partial charge in [-0.3, -0.25) is 9.59 Å². The van der Waals surface area contributed by atoms with Crippen LogP contribution in [0.2, 0.25) is 0 Å². The van der Waals surface area contributed by atoms with Crippen molar-refractivity contribution in [2.24, 2.45) is 11.8 Å². The van der Waals surface area contributed by atoms with Gasteiger partial charge in [0, 0.05) is 6.42 Å². The third-order valence-electron chi connectivity index (χ3n) is 5.77. The smallest absolute Gasteiger partial charge is 0.265 e. The van der Waals surface area contributed by atoms with Gasteiger partial charge in [0.1, 0.15) is 5.75 Å². The third-order valence-corrected chi connectivity index (χ3v) is 5.77. The SMILES string of the molecule is CCC1Oc2cc(C(C)NC(=O)CC(C)C3CCNCC3)ccc2NC1=O. The van der Waals surface area contributed by atoms with Crippen molar-refractivity contribution >= 4 is 17.5 Å². The molecule has 2 amide bonds. The summed E-state index contributed by atoms with van der Waals surface area (Å²) in [7, 11) is 0. The van der Waals surface area contributed by atoms with Crippen molar-refractivity contribution in [3.8, 4) is 5.75 Å². The van der Waals surface area contributed by atoms with Crippen LogP contribution in [0.3, 0.4) is 0 Å². The highest BCUT2D eigenvalue weighted by atomic mass is 16.5. The lowest BCUT2D eigenvalue weighted by Crippen LogP contribution is -2.36. The van der Waals surface area contributed by atoms with Crippen LogP contribution in [-0.4, -0.2) is 31.0 Å². The lowest BCUT2D eigenvalue weighted by atomic mass is 9.84. The van der Waals surface area contributed by atoms with E-state index in [0.29, 0.717) is 36.1 Å². The van der Waals surface area contributed by atoms with E-state index >= 15 is 0 Å². The average Bonchev–Trinajstić information content (AvgIpc) is 2.67. The van der Waals surface area contributed by atoms with Crippen LogP contribution < -0.4 is 20.7 Å². The van der Waals surface area contributed by atoms with Crippen LogP contribution >= 0.6 is 0 Å². The number of benzene rings is 1. The number of piperidine rings is 1. The van der Waals surface area contributed by atoms with Gasteiger partial charge in [0.25, 0.3) is 5.91 Å². The zero-order chi connectivity index (χ0) is 19.4. The van der Waals surface area contributed by atoms with Crippen LogP contribution in [0.25, 0.3) is 0 Å². The number of carbonyl (C=O) groups is 2. The van der Waals surface area contributed by atoms with Crippen LogP contribution in [0.5, 0.6) is 5.75 Å². The number of hydrogen-bond acceptors (Lipinski definition) is 4. The maximum Gasteiger partial charge on any atom is 0.265 e. The first-order chi connectivity index (χ1) is 13.0. The number of carbonyl (C=O) groups excluding carboxylic acids is 2. The zero-order valence-corrected chi connectivity index (χ0v) is 16.5. The Balaban J connectivity index is 1.58. The molecular weight excluding hydrogens is 342 g/mol. The van der Waals surface area contributed by atoms with Crippen molar-refractivity contribution < 1.29 is 14.3 Å². The maximum absolute atomic E-state index is 12.5. The van der Waals surface area contributed by atoms with Crippen LogP contribution in [0, 0.1) is 11.8 Å². The summed E-state index contributed by atoms with van der Waals surface area (Å²) in [6.45, 7) is 8.19. The van der Waals surface area contributed by atoms with Crippen LogP contribution in [0.1, 0.15) is 58.1 Å². The Bertz CT molecular complexity index is 685. The molecule has 2 aliphatic rings. The number of nitrogens with one attached hydrogen (secondary N) is 3. The molecule has 1 fully saturated rings. The number of fused-ring (bicyclic) bond motifs is 1. The highest BCUT2D eigenvalue weighted by Crippen LogP contribution is 2.33. The molecule has 1 saturated heterocycles. The van der Waals surface area contributed by atoms with E-state index in [2.05, 4.69) is 22.9 Å². The predicted molar refractivity (Wildman–Crippen MR) is 106 cm³/mol. The molecule has 0 spiro atoms. The summed E-state index contributed by atoms with van der Waals surface area (Å²) in [4.78, 5) is 24.4. The van der Waals surface area contributed by atoms with Gasteiger partial charge in [0.15, 0.2) is 6.10 Å². The maximum atomic E-state index is 12.5. The molecule has 3 rings (SSSR count). The molecule has 3 unspecified atom stereocenters. The second-order valence-electron chi connectivity index (χ2n) is 7.82. The molecular formula is C21H31N3O3. The van der Waals surface area contributed by atoms with E-state index in [0.717, 1.165) is 31.5 Å². The van der Waals surface area contributed by atoms with Gasteiger partial charge in [0.05, 0.1) is 11.7 Å².